The minimum atomic E-state index is -4.45. The second-order valence-corrected chi connectivity index (χ2v) is 7.91. The van der Waals surface area contributed by atoms with Gasteiger partial charge < -0.3 is 0 Å². The zero-order valence-corrected chi connectivity index (χ0v) is 17.4. The summed E-state index contributed by atoms with van der Waals surface area (Å²) in [6.07, 6.45) is -5.79. The number of hydrogen-bond acceptors (Lipinski definition) is 2. The van der Waals surface area contributed by atoms with E-state index < -0.39 is 23.5 Å². The molecule has 8 heteroatoms. The van der Waals surface area contributed by atoms with Gasteiger partial charge in [0.25, 0.3) is 0 Å². The number of ketones is 1. The Kier molecular flexibility index (Phi) is 6.64. The monoisotopic (exact) mass is 453 g/mol. The quantitative estimate of drug-likeness (QED) is 0.391. The van der Waals surface area contributed by atoms with E-state index in [9.17, 15) is 31.1 Å². The highest BCUT2D eigenvalue weighted by molar-refractivity contribution is 6.14. The summed E-state index contributed by atoms with van der Waals surface area (Å²) in [5.74, 6) is -0.276. The van der Waals surface area contributed by atoms with Crippen molar-refractivity contribution in [3.05, 3.63) is 81.9 Å². The number of carbonyl (C=O) groups is 1. The number of rotatable bonds is 3. The average molecular weight is 453 g/mol. The lowest BCUT2D eigenvalue weighted by atomic mass is 9.93. The predicted octanol–water partition coefficient (Wildman–Crippen LogP) is 6.48. The van der Waals surface area contributed by atoms with Gasteiger partial charge in [0.05, 0.1) is 11.1 Å². The first-order chi connectivity index (χ1) is 14.8. The van der Waals surface area contributed by atoms with Crippen molar-refractivity contribution >= 4 is 17.9 Å². The van der Waals surface area contributed by atoms with Crippen LogP contribution < -0.4 is 0 Å². The zero-order chi connectivity index (χ0) is 23.7. The molecule has 0 saturated carbocycles. The van der Waals surface area contributed by atoms with Crippen LogP contribution in [-0.4, -0.2) is 29.8 Å². The molecule has 1 heterocycles. The maximum absolute atomic E-state index is 13.0. The predicted molar refractivity (Wildman–Crippen MR) is 111 cm³/mol. The summed E-state index contributed by atoms with van der Waals surface area (Å²) in [6, 6.07) is 9.12. The number of likely N-dealkylation sites (tertiary alicyclic amines) is 1. The number of nitrogens with zero attached hydrogens (tertiary/aromatic N) is 1. The molecule has 1 saturated heterocycles. The molecule has 1 fully saturated rings. The van der Waals surface area contributed by atoms with Gasteiger partial charge in [-0.25, -0.2) is 0 Å². The van der Waals surface area contributed by atoms with Crippen LogP contribution in [0.1, 0.15) is 36.1 Å². The van der Waals surface area contributed by atoms with Crippen molar-refractivity contribution in [2.75, 3.05) is 13.1 Å². The Labute approximate surface area is 181 Å². The van der Waals surface area contributed by atoms with E-state index in [0.717, 1.165) is 24.3 Å². The van der Waals surface area contributed by atoms with E-state index >= 15 is 0 Å². The van der Waals surface area contributed by atoms with Gasteiger partial charge in [-0.2, -0.15) is 26.3 Å². The van der Waals surface area contributed by atoms with Gasteiger partial charge in [-0.1, -0.05) is 24.3 Å². The summed E-state index contributed by atoms with van der Waals surface area (Å²) in [7, 11) is 0. The average Bonchev–Trinajstić information content (AvgIpc) is 2.70. The van der Waals surface area contributed by atoms with Crippen LogP contribution in [0.4, 0.5) is 26.3 Å². The lowest BCUT2D eigenvalue weighted by Crippen LogP contribution is -2.41. The van der Waals surface area contributed by atoms with Crippen LogP contribution in [0.25, 0.3) is 12.2 Å². The summed E-state index contributed by atoms with van der Waals surface area (Å²) < 4.78 is 76.7. The van der Waals surface area contributed by atoms with Crippen molar-refractivity contribution in [3.63, 3.8) is 0 Å². The Morgan fingerprint density at radius 1 is 0.719 bits per heavy atom. The van der Waals surface area contributed by atoms with Gasteiger partial charge in [0.2, 0.25) is 0 Å². The molecule has 2 aromatic rings. The van der Waals surface area contributed by atoms with Crippen LogP contribution in [-0.2, 0) is 17.1 Å². The van der Waals surface area contributed by atoms with Crippen LogP contribution in [0.3, 0.4) is 0 Å². The maximum atomic E-state index is 13.0. The van der Waals surface area contributed by atoms with Crippen LogP contribution >= 0.6 is 0 Å². The summed E-state index contributed by atoms with van der Waals surface area (Å²) in [4.78, 5) is 15.0. The topological polar surface area (TPSA) is 20.3 Å². The number of piperidine rings is 1. The minimum absolute atomic E-state index is 0.0788. The zero-order valence-electron chi connectivity index (χ0n) is 17.4. The highest BCUT2D eigenvalue weighted by atomic mass is 19.4. The maximum Gasteiger partial charge on any atom is 0.416 e. The van der Waals surface area contributed by atoms with E-state index in [2.05, 4.69) is 0 Å². The van der Waals surface area contributed by atoms with Gasteiger partial charge in [-0.05, 0) is 61.4 Å². The molecule has 32 heavy (non-hydrogen) atoms. The van der Waals surface area contributed by atoms with Crippen LogP contribution in [0.5, 0.6) is 0 Å². The fourth-order valence-electron chi connectivity index (χ4n) is 3.37. The Bertz CT molecular complexity index is 949. The highest BCUT2D eigenvalue weighted by Crippen LogP contribution is 2.31. The van der Waals surface area contributed by atoms with Crippen LogP contribution in [0.2, 0.25) is 0 Å². The Morgan fingerprint density at radius 3 is 1.34 bits per heavy atom. The molecule has 0 amide bonds. The molecule has 0 atom stereocenters. The molecule has 0 aromatic heterocycles. The Hall–Kier alpha value is -2.87. The molecule has 0 unspecified atom stereocenters. The van der Waals surface area contributed by atoms with Crippen LogP contribution in [0.15, 0.2) is 59.7 Å². The molecule has 0 bridgehead atoms. The number of benzene rings is 2. The molecule has 1 aliphatic heterocycles. The fraction of sp³-hybridized carbons (Fsp3) is 0.292. The van der Waals surface area contributed by atoms with Crippen molar-refractivity contribution in [2.45, 2.75) is 32.2 Å². The summed E-state index contributed by atoms with van der Waals surface area (Å²) in [5.41, 5.74) is 0.176. The molecule has 0 N–H and O–H groups in total. The molecule has 2 nitrogen and oxygen atoms in total. The molecule has 0 radical (unpaired) electrons. The van der Waals surface area contributed by atoms with Gasteiger partial charge in [-0.15, -0.1) is 0 Å². The van der Waals surface area contributed by atoms with Crippen molar-refractivity contribution in [1.82, 2.24) is 4.90 Å². The van der Waals surface area contributed by atoms with Gasteiger partial charge in [0.15, 0.2) is 5.78 Å². The molecular weight excluding hydrogens is 432 g/mol. The lowest BCUT2D eigenvalue weighted by molar-refractivity contribution is -0.138. The van der Waals surface area contributed by atoms with E-state index in [1.54, 1.807) is 12.2 Å². The Balaban J connectivity index is 1.92. The molecule has 1 aliphatic rings. The molecule has 0 spiro atoms. The fourth-order valence-corrected chi connectivity index (χ4v) is 3.37. The third-order valence-electron chi connectivity index (χ3n) is 5.22. The number of hydrogen-bond donors (Lipinski definition) is 0. The van der Waals surface area contributed by atoms with E-state index in [1.807, 2.05) is 18.7 Å². The second kappa shape index (κ2) is 8.94. The minimum Gasteiger partial charge on any atom is -0.292 e. The van der Waals surface area contributed by atoms with Gasteiger partial charge in [0, 0.05) is 30.3 Å². The normalized spacial score (nSPS) is 18.7. The van der Waals surface area contributed by atoms with Crippen molar-refractivity contribution < 1.29 is 31.1 Å². The molecule has 3 rings (SSSR count). The van der Waals surface area contributed by atoms with E-state index in [0.29, 0.717) is 35.4 Å². The van der Waals surface area contributed by atoms with Gasteiger partial charge >= 0.3 is 12.4 Å². The first-order valence-electron chi connectivity index (χ1n) is 9.89. The number of Topliss-reactive ketones (excluding diaryl/α,β-unsaturated/α-hetero) is 1. The first kappa shape index (κ1) is 23.8. The lowest BCUT2D eigenvalue weighted by Gasteiger charge is -2.32. The standard InChI is InChI=1S/C24H21F6NO/c1-15(2)31-13-18(11-16-3-7-20(8-4-16)23(25,26)27)22(32)19(14-31)12-17-5-9-21(10-6-17)24(28,29)30/h3-12,15H,13-14H2,1-2H3/b18-11-,19-12-. The van der Waals surface area contributed by atoms with Gasteiger partial charge in [-0.3, -0.25) is 9.69 Å². The molecule has 170 valence electrons. The number of halogens is 6. The molecule has 2 aromatic carbocycles. The third-order valence-corrected chi connectivity index (χ3v) is 5.22. The number of alkyl halides is 6. The third kappa shape index (κ3) is 5.68. The first-order valence-corrected chi connectivity index (χ1v) is 9.89. The number of carbonyl (C=O) groups excluding carboxylic acids is 1. The SMILES string of the molecule is CC(C)N1C/C(=C/c2ccc(C(F)(F)F)cc2)C(=O)/C(=C\c2ccc(C(F)(F)F)cc2)C1. The summed E-state index contributed by atoms with van der Waals surface area (Å²) in [6.45, 7) is 4.53. The second-order valence-electron chi connectivity index (χ2n) is 7.91. The van der Waals surface area contributed by atoms with E-state index in [4.69, 9.17) is 0 Å². The van der Waals surface area contributed by atoms with Crippen molar-refractivity contribution in [1.29, 1.82) is 0 Å². The highest BCUT2D eigenvalue weighted by Gasteiger charge is 2.31. The smallest absolute Gasteiger partial charge is 0.292 e. The summed E-state index contributed by atoms with van der Waals surface area (Å²) >= 11 is 0. The van der Waals surface area contributed by atoms with Crippen molar-refractivity contribution in [3.8, 4) is 0 Å². The van der Waals surface area contributed by atoms with E-state index in [1.165, 1.54) is 24.3 Å². The Morgan fingerprint density at radius 2 is 1.06 bits per heavy atom. The van der Waals surface area contributed by atoms with Crippen molar-refractivity contribution in [2.24, 2.45) is 0 Å². The summed E-state index contributed by atoms with van der Waals surface area (Å²) in [5, 5.41) is 0. The van der Waals surface area contributed by atoms with Gasteiger partial charge in [0.1, 0.15) is 0 Å². The van der Waals surface area contributed by atoms with Crippen LogP contribution in [0, 0.1) is 0 Å². The molecule has 0 aliphatic carbocycles. The van der Waals surface area contributed by atoms with E-state index in [-0.39, 0.29) is 11.8 Å². The molecular formula is C24H21F6NO. The largest absolute Gasteiger partial charge is 0.416 e.